The second-order valence-electron chi connectivity index (χ2n) is 8.37. The summed E-state index contributed by atoms with van der Waals surface area (Å²) in [6, 6.07) is 19.2. The SMILES string of the molecule is CC(NC(=O)c1nnn(CCOc2cccc(C(F)(F)F)c2)c1-c1ccccc1)c1ccc(C(=O)O)cc1. The first-order valence-electron chi connectivity index (χ1n) is 11.6. The number of hydrogen-bond acceptors (Lipinski definition) is 5. The molecule has 0 aliphatic rings. The Kier molecular flexibility index (Phi) is 7.75. The summed E-state index contributed by atoms with van der Waals surface area (Å²) in [5, 5.41) is 20.1. The van der Waals surface area contributed by atoms with E-state index in [-0.39, 0.29) is 30.2 Å². The van der Waals surface area contributed by atoms with E-state index in [9.17, 15) is 22.8 Å². The molecule has 4 rings (SSSR count). The molecule has 0 saturated heterocycles. The van der Waals surface area contributed by atoms with Gasteiger partial charge >= 0.3 is 12.1 Å². The number of alkyl halides is 3. The Labute approximate surface area is 215 Å². The van der Waals surface area contributed by atoms with Crippen LogP contribution in [0.4, 0.5) is 13.2 Å². The fraction of sp³-hybridized carbons (Fsp3) is 0.185. The number of carboxylic acids is 1. The van der Waals surface area contributed by atoms with E-state index in [1.165, 1.54) is 28.9 Å². The maximum absolute atomic E-state index is 13.2. The van der Waals surface area contributed by atoms with Crippen LogP contribution in [-0.2, 0) is 12.7 Å². The molecule has 0 bridgehead atoms. The van der Waals surface area contributed by atoms with Gasteiger partial charge < -0.3 is 15.2 Å². The van der Waals surface area contributed by atoms with Gasteiger partial charge in [0.15, 0.2) is 5.69 Å². The average molecular weight is 524 g/mol. The summed E-state index contributed by atoms with van der Waals surface area (Å²) >= 11 is 0. The molecule has 38 heavy (non-hydrogen) atoms. The number of amides is 1. The minimum atomic E-state index is -4.48. The molecule has 4 aromatic rings. The molecule has 0 spiro atoms. The first kappa shape index (κ1) is 26.4. The van der Waals surface area contributed by atoms with Crippen molar-refractivity contribution < 1.29 is 32.6 Å². The minimum absolute atomic E-state index is 0.0160. The third kappa shape index (κ3) is 6.17. The minimum Gasteiger partial charge on any atom is -0.492 e. The summed E-state index contributed by atoms with van der Waals surface area (Å²) in [7, 11) is 0. The van der Waals surface area contributed by atoms with Gasteiger partial charge in [-0.1, -0.05) is 53.7 Å². The number of halogens is 3. The van der Waals surface area contributed by atoms with Gasteiger partial charge in [0.1, 0.15) is 18.1 Å². The van der Waals surface area contributed by atoms with Crippen molar-refractivity contribution in [3.05, 3.63) is 101 Å². The van der Waals surface area contributed by atoms with Gasteiger partial charge in [0, 0.05) is 5.56 Å². The number of rotatable bonds is 9. The summed E-state index contributed by atoms with van der Waals surface area (Å²) in [6.07, 6.45) is -4.48. The maximum atomic E-state index is 13.2. The first-order valence-corrected chi connectivity index (χ1v) is 11.6. The molecule has 0 aliphatic carbocycles. The Morgan fingerprint density at radius 2 is 1.74 bits per heavy atom. The molecule has 11 heteroatoms. The highest BCUT2D eigenvalue weighted by atomic mass is 19.4. The van der Waals surface area contributed by atoms with Crippen LogP contribution in [0.3, 0.4) is 0 Å². The zero-order chi connectivity index (χ0) is 27.3. The van der Waals surface area contributed by atoms with E-state index in [1.54, 1.807) is 43.3 Å². The molecule has 1 amide bonds. The predicted octanol–water partition coefficient (Wildman–Crippen LogP) is 5.23. The Morgan fingerprint density at radius 3 is 2.39 bits per heavy atom. The van der Waals surface area contributed by atoms with E-state index >= 15 is 0 Å². The second kappa shape index (κ2) is 11.2. The number of hydrogen-bond donors (Lipinski definition) is 2. The molecule has 0 radical (unpaired) electrons. The topological polar surface area (TPSA) is 106 Å². The number of aromatic carboxylic acids is 1. The average Bonchev–Trinajstić information content (AvgIpc) is 3.33. The molecule has 1 unspecified atom stereocenters. The summed E-state index contributed by atoms with van der Waals surface area (Å²) in [6.45, 7) is 1.86. The molecular formula is C27H23F3N4O4. The van der Waals surface area contributed by atoms with Crippen molar-refractivity contribution >= 4 is 11.9 Å². The van der Waals surface area contributed by atoms with Crippen LogP contribution < -0.4 is 10.1 Å². The van der Waals surface area contributed by atoms with E-state index in [2.05, 4.69) is 15.6 Å². The van der Waals surface area contributed by atoms with Gasteiger partial charge in [-0.05, 0) is 42.8 Å². The van der Waals surface area contributed by atoms with Crippen molar-refractivity contribution in [1.29, 1.82) is 0 Å². The lowest BCUT2D eigenvalue weighted by molar-refractivity contribution is -0.137. The largest absolute Gasteiger partial charge is 0.492 e. The van der Waals surface area contributed by atoms with Crippen LogP contribution >= 0.6 is 0 Å². The number of benzene rings is 3. The zero-order valence-electron chi connectivity index (χ0n) is 20.1. The lowest BCUT2D eigenvalue weighted by atomic mass is 10.1. The first-order chi connectivity index (χ1) is 18.1. The second-order valence-corrected chi connectivity index (χ2v) is 8.37. The summed E-state index contributed by atoms with van der Waals surface area (Å²) in [4.78, 5) is 24.3. The van der Waals surface area contributed by atoms with E-state index < -0.39 is 29.7 Å². The van der Waals surface area contributed by atoms with Crippen LogP contribution in [0.1, 0.15) is 44.9 Å². The van der Waals surface area contributed by atoms with E-state index in [0.29, 0.717) is 16.8 Å². The number of nitrogens with zero attached hydrogens (tertiary/aromatic N) is 3. The predicted molar refractivity (Wildman–Crippen MR) is 132 cm³/mol. The van der Waals surface area contributed by atoms with Gasteiger partial charge in [-0.3, -0.25) is 4.79 Å². The van der Waals surface area contributed by atoms with Crippen LogP contribution in [0.5, 0.6) is 5.75 Å². The Balaban J connectivity index is 1.52. The third-order valence-corrected chi connectivity index (χ3v) is 5.74. The van der Waals surface area contributed by atoms with Gasteiger partial charge in [-0.15, -0.1) is 5.10 Å². The molecule has 0 aliphatic heterocycles. The lowest BCUT2D eigenvalue weighted by Crippen LogP contribution is -2.27. The maximum Gasteiger partial charge on any atom is 0.416 e. The van der Waals surface area contributed by atoms with E-state index in [0.717, 1.165) is 12.1 Å². The summed E-state index contributed by atoms with van der Waals surface area (Å²) in [5.41, 5.74) is 1.17. The molecule has 1 aromatic heterocycles. The fourth-order valence-electron chi connectivity index (χ4n) is 3.78. The van der Waals surface area contributed by atoms with Crippen LogP contribution in [0.15, 0.2) is 78.9 Å². The molecule has 196 valence electrons. The number of ether oxygens (including phenoxy) is 1. The zero-order valence-corrected chi connectivity index (χ0v) is 20.1. The number of nitrogens with one attached hydrogen (secondary N) is 1. The Bertz CT molecular complexity index is 1420. The Morgan fingerprint density at radius 1 is 1.03 bits per heavy atom. The van der Waals surface area contributed by atoms with Crippen LogP contribution in [0.2, 0.25) is 0 Å². The number of carbonyl (C=O) groups excluding carboxylic acids is 1. The number of aromatic nitrogens is 3. The van der Waals surface area contributed by atoms with E-state index in [1.807, 2.05) is 6.07 Å². The summed E-state index contributed by atoms with van der Waals surface area (Å²) < 4.78 is 45.9. The van der Waals surface area contributed by atoms with Gasteiger partial charge in [-0.2, -0.15) is 13.2 Å². The van der Waals surface area contributed by atoms with Crippen molar-refractivity contribution in [2.45, 2.75) is 25.7 Å². The highest BCUT2D eigenvalue weighted by molar-refractivity contribution is 5.98. The molecule has 1 atom stereocenters. The van der Waals surface area contributed by atoms with Crippen molar-refractivity contribution in [3.8, 4) is 17.0 Å². The van der Waals surface area contributed by atoms with Gasteiger partial charge in [0.05, 0.1) is 23.7 Å². The quantitative estimate of drug-likeness (QED) is 0.311. The molecule has 2 N–H and O–H groups in total. The molecule has 3 aromatic carbocycles. The number of carbonyl (C=O) groups is 2. The third-order valence-electron chi connectivity index (χ3n) is 5.74. The molecule has 1 heterocycles. The van der Waals surface area contributed by atoms with Crippen LogP contribution in [0.25, 0.3) is 11.3 Å². The van der Waals surface area contributed by atoms with Gasteiger partial charge in [0.2, 0.25) is 0 Å². The van der Waals surface area contributed by atoms with E-state index in [4.69, 9.17) is 9.84 Å². The molecular weight excluding hydrogens is 501 g/mol. The highest BCUT2D eigenvalue weighted by Crippen LogP contribution is 2.31. The van der Waals surface area contributed by atoms with Gasteiger partial charge in [-0.25, -0.2) is 9.48 Å². The Hall–Kier alpha value is -4.67. The fourth-order valence-corrected chi connectivity index (χ4v) is 3.78. The number of carboxylic acid groups (broad SMARTS) is 1. The lowest BCUT2D eigenvalue weighted by Gasteiger charge is -2.15. The monoisotopic (exact) mass is 524 g/mol. The standard InChI is InChI=1S/C27H23F3N4O4/c1-17(18-10-12-20(13-11-18)26(36)37)31-25(35)23-24(19-6-3-2-4-7-19)34(33-32-23)14-15-38-22-9-5-8-21(16-22)27(28,29)30/h2-13,16-17H,14-15H2,1H3,(H,31,35)(H,36,37). The van der Waals surface area contributed by atoms with Crippen LogP contribution in [0, 0.1) is 0 Å². The molecule has 0 fully saturated rings. The normalized spacial score (nSPS) is 12.1. The smallest absolute Gasteiger partial charge is 0.416 e. The molecule has 8 nitrogen and oxygen atoms in total. The molecule has 0 saturated carbocycles. The van der Waals surface area contributed by atoms with Crippen molar-refractivity contribution in [2.75, 3.05) is 6.61 Å². The van der Waals surface area contributed by atoms with Crippen LogP contribution in [-0.4, -0.2) is 38.6 Å². The van der Waals surface area contributed by atoms with Crippen molar-refractivity contribution in [3.63, 3.8) is 0 Å². The van der Waals surface area contributed by atoms with Crippen molar-refractivity contribution in [1.82, 2.24) is 20.3 Å². The highest BCUT2D eigenvalue weighted by Gasteiger charge is 2.30. The van der Waals surface area contributed by atoms with Gasteiger partial charge in [0.25, 0.3) is 5.91 Å². The van der Waals surface area contributed by atoms with Crippen molar-refractivity contribution in [2.24, 2.45) is 0 Å². The summed E-state index contributed by atoms with van der Waals surface area (Å²) in [5.74, 6) is -1.49.